The number of hydrogen-bond acceptors (Lipinski definition) is 4. The number of anilines is 1. The van der Waals surface area contributed by atoms with Crippen LogP contribution in [0.4, 0.5) is 10.1 Å². The molecule has 2 amide bonds. The largest absolute Gasteiger partial charge is 0.378 e. The van der Waals surface area contributed by atoms with E-state index in [-0.39, 0.29) is 10.1 Å². The highest BCUT2D eigenvalue weighted by molar-refractivity contribution is 8.18. The highest BCUT2D eigenvalue weighted by atomic mass is 32.2. The van der Waals surface area contributed by atoms with Crippen molar-refractivity contribution in [3.05, 3.63) is 41.1 Å². The average molecular weight is 265 g/mol. The zero-order valence-electron chi connectivity index (χ0n) is 9.01. The number of hydrogen-bond donors (Lipinski definition) is 2. The van der Waals surface area contributed by atoms with Gasteiger partial charge in [0.25, 0.3) is 5.91 Å². The van der Waals surface area contributed by atoms with E-state index in [0.717, 1.165) is 17.8 Å². The predicted octanol–water partition coefficient (Wildman–Crippen LogP) is 1.24. The van der Waals surface area contributed by atoms with Gasteiger partial charge in [-0.2, -0.15) is 4.99 Å². The van der Waals surface area contributed by atoms with Crippen LogP contribution in [0.15, 0.2) is 40.2 Å². The van der Waals surface area contributed by atoms with E-state index in [0.29, 0.717) is 5.69 Å². The third-order valence-electron chi connectivity index (χ3n) is 2.01. The summed E-state index contributed by atoms with van der Waals surface area (Å²) in [4.78, 5) is 26.4. The van der Waals surface area contributed by atoms with Crippen molar-refractivity contribution in [1.82, 2.24) is 0 Å². The van der Waals surface area contributed by atoms with Gasteiger partial charge in [0.05, 0.1) is 4.91 Å². The van der Waals surface area contributed by atoms with Crippen LogP contribution in [0.1, 0.15) is 0 Å². The van der Waals surface area contributed by atoms with Gasteiger partial charge in [-0.3, -0.25) is 9.59 Å². The first kappa shape index (κ1) is 12.3. The maximum Gasteiger partial charge on any atom is 0.286 e. The lowest BCUT2D eigenvalue weighted by molar-refractivity contribution is -0.115. The Morgan fingerprint density at radius 3 is 2.61 bits per heavy atom. The normalized spacial score (nSPS) is 16.8. The molecule has 5 nitrogen and oxygen atoms in total. The van der Waals surface area contributed by atoms with Crippen molar-refractivity contribution in [1.29, 1.82) is 0 Å². The fourth-order valence-corrected chi connectivity index (χ4v) is 1.91. The first-order chi connectivity index (χ1) is 8.54. The molecule has 0 aliphatic carbocycles. The van der Waals surface area contributed by atoms with Crippen LogP contribution < -0.4 is 11.1 Å². The molecule has 7 heteroatoms. The number of amidine groups is 1. The number of carbonyl (C=O) groups excluding carboxylic acids is 2. The van der Waals surface area contributed by atoms with Crippen molar-refractivity contribution in [3.8, 4) is 0 Å². The topological polar surface area (TPSA) is 84.5 Å². The van der Waals surface area contributed by atoms with E-state index in [1.165, 1.54) is 24.3 Å². The van der Waals surface area contributed by atoms with Gasteiger partial charge in [-0.15, -0.1) is 0 Å². The summed E-state index contributed by atoms with van der Waals surface area (Å²) in [5.74, 6) is -1.43. The zero-order valence-corrected chi connectivity index (χ0v) is 9.83. The van der Waals surface area contributed by atoms with Gasteiger partial charge in [0.15, 0.2) is 5.17 Å². The quantitative estimate of drug-likeness (QED) is 0.788. The van der Waals surface area contributed by atoms with Crippen molar-refractivity contribution >= 4 is 34.4 Å². The maximum atomic E-state index is 12.6. The van der Waals surface area contributed by atoms with Crippen LogP contribution in [0.2, 0.25) is 0 Å². The lowest BCUT2D eigenvalue weighted by Gasteiger charge is -2.01. The van der Waals surface area contributed by atoms with Gasteiger partial charge < -0.3 is 11.1 Å². The number of nitrogens with zero attached hydrogens (tertiary/aromatic N) is 1. The minimum Gasteiger partial charge on any atom is -0.378 e. The third kappa shape index (κ3) is 2.95. The highest BCUT2D eigenvalue weighted by Gasteiger charge is 2.20. The number of amides is 2. The van der Waals surface area contributed by atoms with Gasteiger partial charge in [-0.05, 0) is 36.0 Å². The van der Waals surface area contributed by atoms with Crippen molar-refractivity contribution in [2.75, 3.05) is 5.32 Å². The highest BCUT2D eigenvalue weighted by Crippen LogP contribution is 2.23. The molecule has 92 valence electrons. The summed E-state index contributed by atoms with van der Waals surface area (Å²) in [5.41, 5.74) is 5.77. The maximum absolute atomic E-state index is 12.6. The molecular formula is C11H8FN3O2S. The molecule has 1 aromatic rings. The summed E-state index contributed by atoms with van der Waals surface area (Å²) in [6, 6.07) is 5.28. The zero-order chi connectivity index (χ0) is 13.1. The molecule has 0 saturated carbocycles. The Kier molecular flexibility index (Phi) is 3.42. The lowest BCUT2D eigenvalue weighted by atomic mass is 10.3. The molecule has 3 N–H and O–H groups in total. The summed E-state index contributed by atoms with van der Waals surface area (Å²) in [6.45, 7) is 0. The predicted molar refractivity (Wildman–Crippen MR) is 67.3 cm³/mol. The van der Waals surface area contributed by atoms with Crippen molar-refractivity contribution < 1.29 is 14.0 Å². The average Bonchev–Trinajstić information content (AvgIpc) is 2.61. The Bertz CT molecular complexity index is 566. The van der Waals surface area contributed by atoms with Crippen molar-refractivity contribution in [2.45, 2.75) is 0 Å². The smallest absolute Gasteiger partial charge is 0.286 e. The molecular weight excluding hydrogens is 257 g/mol. The molecule has 2 rings (SSSR count). The molecule has 0 bridgehead atoms. The molecule has 1 heterocycles. The monoisotopic (exact) mass is 265 g/mol. The van der Waals surface area contributed by atoms with Crippen LogP contribution in [0, 0.1) is 5.82 Å². The van der Waals surface area contributed by atoms with E-state index in [4.69, 9.17) is 5.73 Å². The van der Waals surface area contributed by atoms with Crippen LogP contribution in [0.25, 0.3) is 0 Å². The number of nitrogens with two attached hydrogens (primary N) is 1. The molecule has 0 radical (unpaired) electrons. The Hall–Kier alpha value is -2.15. The summed E-state index contributed by atoms with van der Waals surface area (Å²) in [5, 5.41) is 2.60. The van der Waals surface area contributed by atoms with Crippen LogP contribution in [-0.2, 0) is 9.59 Å². The van der Waals surface area contributed by atoms with E-state index in [2.05, 4.69) is 10.3 Å². The number of rotatable bonds is 2. The first-order valence-corrected chi connectivity index (χ1v) is 5.71. The fourth-order valence-electron chi connectivity index (χ4n) is 1.26. The molecule has 1 aliphatic heterocycles. The number of nitrogens with one attached hydrogen (secondary N) is 1. The molecule has 1 aliphatic rings. The molecule has 1 aromatic carbocycles. The van der Waals surface area contributed by atoms with Crippen LogP contribution >= 0.6 is 11.8 Å². The van der Waals surface area contributed by atoms with Gasteiger partial charge in [0.1, 0.15) is 5.82 Å². The number of halogens is 1. The van der Waals surface area contributed by atoms with E-state index >= 15 is 0 Å². The second-order valence-corrected chi connectivity index (χ2v) is 4.42. The fraction of sp³-hybridized carbons (Fsp3) is 0. The Morgan fingerprint density at radius 1 is 1.39 bits per heavy atom. The minimum atomic E-state index is -0.535. The van der Waals surface area contributed by atoms with Crippen LogP contribution in [0.5, 0.6) is 0 Å². The molecule has 0 atom stereocenters. The molecule has 0 unspecified atom stereocenters. The molecule has 0 fully saturated rings. The second-order valence-electron chi connectivity index (χ2n) is 3.36. The Morgan fingerprint density at radius 2 is 2.06 bits per heavy atom. The van der Waals surface area contributed by atoms with Crippen molar-refractivity contribution in [3.63, 3.8) is 0 Å². The number of thioether (sulfide) groups is 1. The Balaban J connectivity index is 2.04. The third-order valence-corrected chi connectivity index (χ3v) is 2.82. The van der Waals surface area contributed by atoms with Crippen LogP contribution in [-0.4, -0.2) is 17.0 Å². The Labute approximate surface area is 106 Å². The van der Waals surface area contributed by atoms with Crippen molar-refractivity contribution in [2.24, 2.45) is 10.7 Å². The summed E-state index contributed by atoms with van der Waals surface area (Å²) >= 11 is 0.933. The van der Waals surface area contributed by atoms with Gasteiger partial charge in [-0.1, -0.05) is 0 Å². The van der Waals surface area contributed by atoms with E-state index in [1.807, 2.05) is 0 Å². The van der Waals surface area contributed by atoms with E-state index in [9.17, 15) is 14.0 Å². The molecule has 0 spiro atoms. The van der Waals surface area contributed by atoms with Crippen LogP contribution in [0.3, 0.4) is 0 Å². The first-order valence-electron chi connectivity index (χ1n) is 4.89. The van der Waals surface area contributed by atoms with E-state index in [1.54, 1.807) is 0 Å². The lowest BCUT2D eigenvalue weighted by Crippen LogP contribution is -2.09. The van der Waals surface area contributed by atoms with Gasteiger partial charge in [0, 0.05) is 11.8 Å². The SMILES string of the molecule is NC1=NC(=O)/C(=C/C(=O)Nc2ccc(F)cc2)S1. The molecule has 0 saturated heterocycles. The number of carbonyl (C=O) groups is 2. The molecule has 0 aromatic heterocycles. The van der Waals surface area contributed by atoms with Gasteiger partial charge in [0.2, 0.25) is 5.91 Å². The summed E-state index contributed by atoms with van der Waals surface area (Å²) < 4.78 is 12.6. The number of benzene rings is 1. The summed E-state index contributed by atoms with van der Waals surface area (Å²) in [7, 11) is 0. The second kappa shape index (κ2) is 5.01. The standard InChI is InChI=1S/C11H8FN3O2S/c12-6-1-3-7(4-2-6)14-9(16)5-8-10(17)15-11(13)18-8/h1-5H,(H,14,16)(H2,13,15,17)/b8-5-. The van der Waals surface area contributed by atoms with Gasteiger partial charge >= 0.3 is 0 Å². The molecule has 18 heavy (non-hydrogen) atoms. The van der Waals surface area contributed by atoms with Gasteiger partial charge in [-0.25, -0.2) is 4.39 Å². The summed E-state index contributed by atoms with van der Waals surface area (Å²) in [6.07, 6.45) is 1.11. The number of aliphatic imine (C=N–C) groups is 1. The van der Waals surface area contributed by atoms with E-state index < -0.39 is 17.6 Å². The minimum absolute atomic E-state index is 0.112.